The molecule has 4 nitrogen and oxygen atoms in total. The third-order valence-corrected chi connectivity index (χ3v) is 5.70. The topological polar surface area (TPSA) is 13.0 Å². The van der Waals surface area contributed by atoms with Crippen LogP contribution in [0.4, 0.5) is 5.69 Å². The van der Waals surface area contributed by atoms with E-state index in [1.54, 1.807) is 0 Å². The minimum Gasteiger partial charge on any atom is -0.369 e. The van der Waals surface area contributed by atoms with E-state index in [1.807, 2.05) is 0 Å². The number of likely N-dealkylation sites (N-methyl/N-ethyl adjacent to an activating group) is 2. The van der Waals surface area contributed by atoms with Crippen molar-refractivity contribution in [3.63, 3.8) is 0 Å². The number of rotatable bonds is 3. The first-order valence-electron chi connectivity index (χ1n) is 10.5. The molecule has 0 bridgehead atoms. The summed E-state index contributed by atoms with van der Waals surface area (Å²) in [5.41, 5.74) is 2.87. The SMILES string of the molecule is CN1CCN(CC2=CCCC=C2)CC1.CN1CCN(c2ccccc2)CC1. The molecule has 1 aromatic carbocycles. The summed E-state index contributed by atoms with van der Waals surface area (Å²) >= 11 is 0. The van der Waals surface area contributed by atoms with Crippen LogP contribution >= 0.6 is 0 Å². The van der Waals surface area contributed by atoms with Gasteiger partial charge in [-0.3, -0.25) is 4.90 Å². The summed E-state index contributed by atoms with van der Waals surface area (Å²) in [7, 11) is 4.39. The third-order valence-electron chi connectivity index (χ3n) is 5.70. The summed E-state index contributed by atoms with van der Waals surface area (Å²) in [6.45, 7) is 10.7. The Bertz CT molecular complexity index is 594. The van der Waals surface area contributed by atoms with Gasteiger partial charge >= 0.3 is 0 Å². The standard InChI is InChI=1S/C12H20N2.C11H16N2/c1-13-7-9-14(10-8-13)11-12-5-3-2-4-6-12;1-12-7-9-13(10-8-12)11-5-3-2-4-6-11/h3,5-6H,2,4,7-11H2,1H3;2-6H,7-10H2,1H3. The molecular formula is C23H36N4. The number of allylic oxidation sites excluding steroid dienone is 2. The molecule has 2 saturated heterocycles. The first-order chi connectivity index (χ1) is 13.2. The fourth-order valence-corrected chi connectivity index (χ4v) is 3.75. The maximum Gasteiger partial charge on any atom is 0.0367 e. The van der Waals surface area contributed by atoms with E-state index in [1.165, 1.54) is 63.4 Å². The highest BCUT2D eigenvalue weighted by Gasteiger charge is 2.14. The van der Waals surface area contributed by atoms with Crippen LogP contribution in [0.2, 0.25) is 0 Å². The molecule has 3 aliphatic rings. The molecule has 2 fully saturated rings. The molecule has 2 aliphatic heterocycles. The van der Waals surface area contributed by atoms with Crippen LogP contribution in [-0.4, -0.2) is 87.7 Å². The fraction of sp³-hybridized carbons (Fsp3) is 0.565. The molecule has 0 saturated carbocycles. The quantitative estimate of drug-likeness (QED) is 0.813. The minimum absolute atomic E-state index is 1.15. The summed E-state index contributed by atoms with van der Waals surface area (Å²) in [5.74, 6) is 0. The van der Waals surface area contributed by atoms with Gasteiger partial charge in [-0.05, 0) is 44.6 Å². The van der Waals surface area contributed by atoms with Gasteiger partial charge in [0, 0.05) is 64.6 Å². The molecule has 0 radical (unpaired) electrons. The number of benzene rings is 1. The first-order valence-corrected chi connectivity index (χ1v) is 10.5. The van der Waals surface area contributed by atoms with Crippen LogP contribution in [0, 0.1) is 0 Å². The lowest BCUT2D eigenvalue weighted by Crippen LogP contribution is -2.44. The highest BCUT2D eigenvalue weighted by molar-refractivity contribution is 5.46. The highest BCUT2D eigenvalue weighted by Crippen LogP contribution is 2.14. The molecule has 0 unspecified atom stereocenters. The van der Waals surface area contributed by atoms with Crippen molar-refractivity contribution in [3.8, 4) is 0 Å². The molecule has 0 aromatic heterocycles. The van der Waals surface area contributed by atoms with Gasteiger partial charge in [0.2, 0.25) is 0 Å². The van der Waals surface area contributed by atoms with Crippen LogP contribution in [0.15, 0.2) is 54.1 Å². The molecule has 4 rings (SSSR count). The molecule has 2 heterocycles. The van der Waals surface area contributed by atoms with E-state index in [-0.39, 0.29) is 0 Å². The number of piperazine rings is 2. The number of nitrogens with zero attached hydrogens (tertiary/aromatic N) is 4. The molecule has 4 heteroatoms. The molecule has 1 aliphatic carbocycles. The Hall–Kier alpha value is -1.62. The first kappa shape index (κ1) is 20.1. The second-order valence-electron chi connectivity index (χ2n) is 7.96. The van der Waals surface area contributed by atoms with Crippen molar-refractivity contribution in [2.45, 2.75) is 12.8 Å². The lowest BCUT2D eigenvalue weighted by atomic mass is 10.1. The zero-order valence-electron chi connectivity index (χ0n) is 17.2. The van der Waals surface area contributed by atoms with Crippen molar-refractivity contribution in [3.05, 3.63) is 54.1 Å². The Morgan fingerprint density at radius 1 is 0.741 bits per heavy atom. The molecule has 0 amide bonds. The molecule has 148 valence electrons. The van der Waals surface area contributed by atoms with Gasteiger partial charge in [-0.25, -0.2) is 0 Å². The van der Waals surface area contributed by atoms with E-state index < -0.39 is 0 Å². The minimum atomic E-state index is 1.15. The maximum atomic E-state index is 2.56. The van der Waals surface area contributed by atoms with E-state index in [2.05, 4.69) is 82.3 Å². The van der Waals surface area contributed by atoms with Crippen molar-refractivity contribution in [1.82, 2.24) is 14.7 Å². The van der Waals surface area contributed by atoms with Gasteiger partial charge in [0.25, 0.3) is 0 Å². The van der Waals surface area contributed by atoms with Gasteiger partial charge in [0.05, 0.1) is 0 Å². The van der Waals surface area contributed by atoms with Gasteiger partial charge in [0.1, 0.15) is 0 Å². The highest BCUT2D eigenvalue weighted by atomic mass is 15.3. The Morgan fingerprint density at radius 3 is 1.96 bits per heavy atom. The van der Waals surface area contributed by atoms with E-state index in [0.717, 1.165) is 19.6 Å². The second kappa shape index (κ2) is 10.6. The largest absolute Gasteiger partial charge is 0.369 e. The van der Waals surface area contributed by atoms with E-state index in [9.17, 15) is 0 Å². The average molecular weight is 369 g/mol. The van der Waals surface area contributed by atoms with E-state index in [4.69, 9.17) is 0 Å². The number of hydrogen-bond donors (Lipinski definition) is 0. The molecule has 0 N–H and O–H groups in total. The molecule has 0 atom stereocenters. The van der Waals surface area contributed by atoms with E-state index >= 15 is 0 Å². The zero-order chi connectivity index (χ0) is 18.9. The van der Waals surface area contributed by atoms with Crippen molar-refractivity contribution in [1.29, 1.82) is 0 Å². The molecular weight excluding hydrogens is 332 g/mol. The van der Waals surface area contributed by atoms with Gasteiger partial charge < -0.3 is 14.7 Å². The van der Waals surface area contributed by atoms with Crippen LogP contribution in [0.3, 0.4) is 0 Å². The molecule has 0 spiro atoms. The summed E-state index contributed by atoms with van der Waals surface area (Å²) in [5, 5.41) is 0. The van der Waals surface area contributed by atoms with Crippen molar-refractivity contribution < 1.29 is 0 Å². The van der Waals surface area contributed by atoms with Crippen LogP contribution in [0.1, 0.15) is 12.8 Å². The summed E-state index contributed by atoms with van der Waals surface area (Å²) in [6, 6.07) is 10.7. The monoisotopic (exact) mass is 368 g/mol. The summed E-state index contributed by atoms with van der Waals surface area (Å²) < 4.78 is 0. The lowest BCUT2D eigenvalue weighted by molar-refractivity contribution is 0.164. The lowest BCUT2D eigenvalue weighted by Gasteiger charge is -2.33. The Morgan fingerprint density at radius 2 is 1.37 bits per heavy atom. The van der Waals surface area contributed by atoms with Crippen LogP contribution in [0.5, 0.6) is 0 Å². The molecule has 27 heavy (non-hydrogen) atoms. The predicted molar refractivity (Wildman–Crippen MR) is 117 cm³/mol. The van der Waals surface area contributed by atoms with Crippen LogP contribution in [-0.2, 0) is 0 Å². The Kier molecular flexibility index (Phi) is 7.93. The Balaban J connectivity index is 0.000000156. The maximum absolute atomic E-state index is 2.56. The predicted octanol–water partition coefficient (Wildman–Crippen LogP) is 2.95. The van der Waals surface area contributed by atoms with Crippen LogP contribution in [0.25, 0.3) is 0 Å². The zero-order valence-corrected chi connectivity index (χ0v) is 17.2. The number of anilines is 1. The van der Waals surface area contributed by atoms with Gasteiger partial charge in [-0.2, -0.15) is 0 Å². The molecule has 1 aromatic rings. The summed E-state index contributed by atoms with van der Waals surface area (Å²) in [4.78, 5) is 9.78. The van der Waals surface area contributed by atoms with Gasteiger partial charge in [-0.15, -0.1) is 0 Å². The average Bonchev–Trinajstić information content (AvgIpc) is 2.72. The van der Waals surface area contributed by atoms with Gasteiger partial charge in [0.15, 0.2) is 0 Å². The van der Waals surface area contributed by atoms with Crippen molar-refractivity contribution >= 4 is 5.69 Å². The van der Waals surface area contributed by atoms with Crippen LogP contribution < -0.4 is 4.90 Å². The fourth-order valence-electron chi connectivity index (χ4n) is 3.75. The van der Waals surface area contributed by atoms with E-state index in [0.29, 0.717) is 0 Å². The number of para-hydroxylation sites is 1. The third kappa shape index (κ3) is 6.80. The van der Waals surface area contributed by atoms with Gasteiger partial charge in [-0.1, -0.05) is 36.4 Å². The normalized spacial score (nSPS) is 22.1. The summed E-state index contributed by atoms with van der Waals surface area (Å²) in [6.07, 6.45) is 9.44. The van der Waals surface area contributed by atoms with Crippen molar-refractivity contribution in [2.24, 2.45) is 0 Å². The van der Waals surface area contributed by atoms with Crippen molar-refractivity contribution in [2.75, 3.05) is 77.9 Å². The smallest absolute Gasteiger partial charge is 0.0367 e. The number of hydrogen-bond acceptors (Lipinski definition) is 4. The second-order valence-corrected chi connectivity index (χ2v) is 7.96. The Labute approximate surface area is 165 Å².